The van der Waals surface area contributed by atoms with Crippen LogP contribution in [0.15, 0.2) is 84.9 Å². The van der Waals surface area contributed by atoms with Crippen LogP contribution in [0, 0.1) is 11.6 Å². The highest BCUT2D eigenvalue weighted by Gasteiger charge is 2.42. The van der Waals surface area contributed by atoms with Gasteiger partial charge in [0, 0.05) is 18.1 Å². The second-order valence-corrected chi connectivity index (χ2v) is 9.01. The van der Waals surface area contributed by atoms with Crippen molar-refractivity contribution < 1.29 is 44.7 Å². The number of carbonyl (C=O) groups excluding carboxylic acids is 1. The van der Waals surface area contributed by atoms with E-state index in [9.17, 15) is 39.9 Å². The zero-order valence-corrected chi connectivity index (χ0v) is 21.1. The number of halogens is 8. The van der Waals surface area contributed by atoms with Gasteiger partial charge in [-0.1, -0.05) is 36.4 Å². The first-order valence-electron chi connectivity index (χ1n) is 11.9. The average molecular weight is 580 g/mol. The fourth-order valence-corrected chi connectivity index (χ4v) is 4.34. The van der Waals surface area contributed by atoms with Crippen LogP contribution < -0.4 is 10.1 Å². The summed E-state index contributed by atoms with van der Waals surface area (Å²) in [5.74, 6) is -4.14. The van der Waals surface area contributed by atoms with E-state index in [-0.39, 0.29) is 30.1 Å². The monoisotopic (exact) mass is 580 g/mol. The summed E-state index contributed by atoms with van der Waals surface area (Å²) in [7, 11) is 1.27. The summed E-state index contributed by atoms with van der Waals surface area (Å²) in [6, 6.07) is 15.4. The Hall–Kier alpha value is -4.48. The van der Waals surface area contributed by atoms with Gasteiger partial charge in [-0.15, -0.1) is 0 Å². The highest BCUT2D eigenvalue weighted by molar-refractivity contribution is 5.95. The van der Waals surface area contributed by atoms with Gasteiger partial charge in [0.2, 0.25) is 5.88 Å². The Morgan fingerprint density at radius 2 is 1.49 bits per heavy atom. The molecule has 1 heterocycles. The Balaban J connectivity index is 2.00. The van der Waals surface area contributed by atoms with Gasteiger partial charge in [-0.2, -0.15) is 26.3 Å². The summed E-state index contributed by atoms with van der Waals surface area (Å²) < 4.78 is 115. The molecule has 1 atom stereocenters. The van der Waals surface area contributed by atoms with Crippen molar-refractivity contribution in [2.75, 3.05) is 7.11 Å². The molecule has 4 rings (SSSR count). The Morgan fingerprint density at radius 1 is 0.805 bits per heavy atom. The van der Waals surface area contributed by atoms with Gasteiger partial charge in [-0.3, -0.25) is 4.79 Å². The predicted molar refractivity (Wildman–Crippen MR) is 132 cm³/mol. The lowest BCUT2D eigenvalue weighted by Crippen LogP contribution is -2.49. The fourth-order valence-electron chi connectivity index (χ4n) is 4.34. The number of methoxy groups -OCH3 is 1. The molecular formula is C29H20F8N2O2. The number of hydrogen-bond donors (Lipinski definition) is 1. The summed E-state index contributed by atoms with van der Waals surface area (Å²) >= 11 is 0. The number of rotatable bonds is 7. The molecule has 1 unspecified atom stereocenters. The first-order chi connectivity index (χ1) is 19.2. The zero-order valence-electron chi connectivity index (χ0n) is 21.1. The minimum Gasteiger partial charge on any atom is -0.481 e. The third kappa shape index (κ3) is 6.47. The number of nitrogens with zero attached hydrogens (tertiary/aromatic N) is 1. The van der Waals surface area contributed by atoms with E-state index in [1.165, 1.54) is 25.3 Å². The van der Waals surface area contributed by atoms with E-state index in [1.54, 1.807) is 30.3 Å². The van der Waals surface area contributed by atoms with E-state index in [0.717, 1.165) is 12.1 Å². The molecule has 1 amide bonds. The van der Waals surface area contributed by atoms with E-state index in [1.807, 2.05) is 0 Å². The second kappa shape index (κ2) is 11.2. The average Bonchev–Trinajstić information content (AvgIpc) is 2.92. The number of nitrogens with one attached hydrogen (secondary N) is 1. The molecule has 1 aromatic heterocycles. The van der Waals surface area contributed by atoms with Gasteiger partial charge in [-0.25, -0.2) is 13.8 Å². The number of carbonyl (C=O) groups is 1. The maximum absolute atomic E-state index is 14.8. The number of amides is 1. The molecule has 0 aliphatic rings. The molecule has 214 valence electrons. The zero-order chi connectivity index (χ0) is 30.0. The molecule has 0 radical (unpaired) electrons. The highest BCUT2D eigenvalue weighted by atomic mass is 19.4. The lowest BCUT2D eigenvalue weighted by molar-refractivity contribution is -0.140. The van der Waals surface area contributed by atoms with E-state index in [2.05, 4.69) is 10.3 Å². The van der Waals surface area contributed by atoms with Crippen LogP contribution in [0.2, 0.25) is 0 Å². The lowest BCUT2D eigenvalue weighted by atomic mass is 9.79. The van der Waals surface area contributed by atoms with Gasteiger partial charge in [0.1, 0.15) is 17.2 Å². The molecule has 1 N–H and O–H groups in total. The van der Waals surface area contributed by atoms with Crippen molar-refractivity contribution in [1.29, 1.82) is 0 Å². The number of ether oxygens (including phenoxy) is 1. The number of alkyl halides is 6. The van der Waals surface area contributed by atoms with Crippen LogP contribution in [0.1, 0.15) is 38.3 Å². The van der Waals surface area contributed by atoms with Gasteiger partial charge >= 0.3 is 12.4 Å². The first kappa shape index (κ1) is 29.5. The predicted octanol–water partition coefficient (Wildman–Crippen LogP) is 7.32. The van der Waals surface area contributed by atoms with Crippen LogP contribution in [0.3, 0.4) is 0 Å². The summed E-state index contributed by atoms with van der Waals surface area (Å²) in [4.78, 5) is 17.8. The number of benzene rings is 3. The Labute approximate surface area is 228 Å². The van der Waals surface area contributed by atoms with Crippen LogP contribution >= 0.6 is 0 Å². The normalized spacial score (nSPS) is 13.4. The van der Waals surface area contributed by atoms with Crippen LogP contribution in [-0.4, -0.2) is 18.0 Å². The van der Waals surface area contributed by atoms with E-state index in [4.69, 9.17) is 4.74 Å². The maximum atomic E-state index is 14.8. The van der Waals surface area contributed by atoms with Gasteiger partial charge in [0.15, 0.2) is 0 Å². The molecule has 0 saturated heterocycles. The molecule has 0 spiro atoms. The SMILES string of the molecule is COc1cccc(C(Cc2ccccc2)(NC(=O)c2ccc(F)c(C(F)(F)F)c2)c2cc(F)cc(C(F)(F)F)c2)n1. The van der Waals surface area contributed by atoms with Crippen LogP contribution in [0.4, 0.5) is 35.1 Å². The Kier molecular flexibility index (Phi) is 8.05. The number of pyridine rings is 1. The van der Waals surface area contributed by atoms with Crippen molar-refractivity contribution in [1.82, 2.24) is 10.3 Å². The third-order valence-electron chi connectivity index (χ3n) is 6.26. The molecule has 0 bridgehead atoms. The van der Waals surface area contributed by atoms with Crippen molar-refractivity contribution >= 4 is 5.91 Å². The van der Waals surface area contributed by atoms with Crippen molar-refractivity contribution in [3.8, 4) is 5.88 Å². The number of hydrogen-bond acceptors (Lipinski definition) is 3. The molecule has 4 aromatic rings. The minimum absolute atomic E-state index is 0.0113. The first-order valence-corrected chi connectivity index (χ1v) is 11.9. The van der Waals surface area contributed by atoms with E-state index < -0.39 is 57.7 Å². The molecular weight excluding hydrogens is 560 g/mol. The topological polar surface area (TPSA) is 51.2 Å². The summed E-state index contributed by atoms with van der Waals surface area (Å²) in [6.45, 7) is 0. The summed E-state index contributed by atoms with van der Waals surface area (Å²) in [5, 5.41) is 2.50. The standard InChI is InChI=1S/C29H20F8N2O2/c1-41-25-9-5-8-24(38-25)27(16-17-6-3-2-4-7-17,19-13-20(28(32,33)34)15-21(30)14-19)39-26(40)18-10-11-23(31)22(12-18)29(35,36)37/h2-15H,16H2,1H3,(H,39,40). The van der Waals surface area contributed by atoms with Crippen molar-refractivity contribution in [3.05, 3.63) is 130 Å². The molecule has 3 aromatic carbocycles. The quantitative estimate of drug-likeness (QED) is 0.233. The third-order valence-corrected chi connectivity index (χ3v) is 6.26. The lowest BCUT2D eigenvalue weighted by Gasteiger charge is -2.36. The largest absolute Gasteiger partial charge is 0.481 e. The van der Waals surface area contributed by atoms with E-state index >= 15 is 0 Å². The molecule has 12 heteroatoms. The van der Waals surface area contributed by atoms with Crippen LogP contribution in [-0.2, 0) is 24.3 Å². The summed E-state index contributed by atoms with van der Waals surface area (Å²) in [5.41, 5.74) is -5.88. The molecule has 0 aliphatic heterocycles. The molecule has 0 fully saturated rings. The highest BCUT2D eigenvalue weighted by Crippen LogP contribution is 2.39. The van der Waals surface area contributed by atoms with Crippen molar-refractivity contribution in [2.24, 2.45) is 0 Å². The number of aromatic nitrogens is 1. The van der Waals surface area contributed by atoms with Crippen molar-refractivity contribution in [3.63, 3.8) is 0 Å². The minimum atomic E-state index is -5.14. The molecule has 0 aliphatic carbocycles. The van der Waals surface area contributed by atoms with Gasteiger partial charge in [0.05, 0.1) is 23.9 Å². The Bertz CT molecular complexity index is 1550. The smallest absolute Gasteiger partial charge is 0.419 e. The van der Waals surface area contributed by atoms with Crippen LogP contribution in [0.5, 0.6) is 5.88 Å². The van der Waals surface area contributed by atoms with E-state index in [0.29, 0.717) is 17.7 Å². The van der Waals surface area contributed by atoms with Crippen molar-refractivity contribution in [2.45, 2.75) is 24.3 Å². The molecule has 0 saturated carbocycles. The van der Waals surface area contributed by atoms with Gasteiger partial charge in [0.25, 0.3) is 5.91 Å². The maximum Gasteiger partial charge on any atom is 0.419 e. The summed E-state index contributed by atoms with van der Waals surface area (Å²) in [6.07, 6.45) is -10.4. The molecule has 4 nitrogen and oxygen atoms in total. The Morgan fingerprint density at radius 3 is 2.12 bits per heavy atom. The van der Waals surface area contributed by atoms with Gasteiger partial charge < -0.3 is 10.1 Å². The second-order valence-electron chi connectivity index (χ2n) is 9.01. The van der Waals surface area contributed by atoms with Gasteiger partial charge in [-0.05, 0) is 53.6 Å². The fraction of sp³-hybridized carbons (Fsp3) is 0.172. The molecule has 41 heavy (non-hydrogen) atoms. The van der Waals surface area contributed by atoms with Crippen LogP contribution in [0.25, 0.3) is 0 Å².